The number of imide groups is 1. The second kappa shape index (κ2) is 7.16. The van der Waals surface area contributed by atoms with Gasteiger partial charge in [-0.1, -0.05) is 38.8 Å². The molecular formula is C19H16BrN5O3. The van der Waals surface area contributed by atoms with E-state index in [-0.39, 0.29) is 12.5 Å². The molecule has 28 heavy (non-hydrogen) atoms. The van der Waals surface area contributed by atoms with Crippen molar-refractivity contribution in [3.63, 3.8) is 0 Å². The third-order valence-electron chi connectivity index (χ3n) is 4.58. The van der Waals surface area contributed by atoms with Crippen LogP contribution in [0.2, 0.25) is 0 Å². The molecule has 0 bridgehead atoms. The quantitative estimate of drug-likeness (QED) is 0.737. The van der Waals surface area contributed by atoms with E-state index in [1.807, 2.05) is 19.1 Å². The van der Waals surface area contributed by atoms with E-state index in [0.717, 1.165) is 14.9 Å². The maximum absolute atomic E-state index is 12.9. The number of fused-ring (bicyclic) bond motifs is 1. The molecular weight excluding hydrogens is 426 g/mol. The molecule has 0 radical (unpaired) electrons. The number of nitrogens with one attached hydrogen (secondary N) is 1. The number of halogens is 1. The molecule has 2 heterocycles. The van der Waals surface area contributed by atoms with Gasteiger partial charge in [-0.25, -0.2) is 4.90 Å². The topological polar surface area (TPSA) is 94.4 Å². The van der Waals surface area contributed by atoms with Crippen LogP contribution in [-0.4, -0.2) is 41.4 Å². The summed E-state index contributed by atoms with van der Waals surface area (Å²) in [6.07, 6.45) is 0. The normalized spacial score (nSPS) is 20.6. The molecule has 0 spiro atoms. The van der Waals surface area contributed by atoms with Crippen molar-refractivity contribution in [3.05, 3.63) is 58.6 Å². The lowest BCUT2D eigenvalue weighted by Gasteiger charge is -2.20. The van der Waals surface area contributed by atoms with Crippen LogP contribution in [0.25, 0.3) is 0 Å². The number of amides is 3. The van der Waals surface area contributed by atoms with E-state index in [1.54, 1.807) is 36.4 Å². The van der Waals surface area contributed by atoms with Crippen LogP contribution < -0.4 is 10.2 Å². The Hall–Kier alpha value is -3.07. The van der Waals surface area contributed by atoms with Crippen molar-refractivity contribution in [2.24, 2.45) is 10.3 Å². The highest BCUT2D eigenvalue weighted by atomic mass is 79.9. The molecule has 2 aromatic carbocycles. The van der Waals surface area contributed by atoms with Crippen LogP contribution in [0.3, 0.4) is 0 Å². The monoisotopic (exact) mass is 441 g/mol. The van der Waals surface area contributed by atoms with Gasteiger partial charge in [-0.05, 0) is 43.3 Å². The molecule has 4 rings (SSSR count). The highest BCUT2D eigenvalue weighted by Crippen LogP contribution is 2.32. The van der Waals surface area contributed by atoms with Crippen LogP contribution in [0.5, 0.6) is 0 Å². The number of hydrogen-bond donors (Lipinski definition) is 1. The van der Waals surface area contributed by atoms with E-state index in [2.05, 4.69) is 31.6 Å². The SMILES string of the molecule is Cc1ccc(NC(=O)CN2N=N[C@@H]3C(=O)N(c4ccc(Br)cc4)C(=O)[C@H]32)cc1. The summed E-state index contributed by atoms with van der Waals surface area (Å²) in [5.41, 5.74) is 2.19. The smallest absolute Gasteiger partial charge is 0.263 e. The molecule has 1 saturated heterocycles. The predicted molar refractivity (Wildman–Crippen MR) is 106 cm³/mol. The fourth-order valence-corrected chi connectivity index (χ4v) is 3.45. The Morgan fingerprint density at radius 3 is 2.43 bits per heavy atom. The van der Waals surface area contributed by atoms with E-state index >= 15 is 0 Å². The second-order valence-electron chi connectivity index (χ2n) is 6.59. The van der Waals surface area contributed by atoms with E-state index in [4.69, 9.17) is 0 Å². The molecule has 2 aliphatic rings. The molecule has 2 aromatic rings. The molecule has 9 heteroatoms. The first-order valence-corrected chi connectivity index (χ1v) is 9.40. The van der Waals surface area contributed by atoms with Crippen molar-refractivity contribution >= 4 is 45.0 Å². The lowest BCUT2D eigenvalue weighted by molar-refractivity contribution is -0.123. The predicted octanol–water partition coefficient (Wildman–Crippen LogP) is 2.69. The highest BCUT2D eigenvalue weighted by molar-refractivity contribution is 9.10. The van der Waals surface area contributed by atoms with Gasteiger partial charge < -0.3 is 5.32 Å². The first kappa shape index (κ1) is 18.3. The molecule has 1 fully saturated rings. The van der Waals surface area contributed by atoms with Crippen molar-refractivity contribution in [1.82, 2.24) is 5.01 Å². The summed E-state index contributed by atoms with van der Waals surface area (Å²) in [5, 5.41) is 11.8. The molecule has 0 aromatic heterocycles. The maximum atomic E-state index is 12.9. The summed E-state index contributed by atoms with van der Waals surface area (Å²) >= 11 is 3.33. The third kappa shape index (κ3) is 3.29. The third-order valence-corrected chi connectivity index (χ3v) is 5.11. The molecule has 0 unspecified atom stereocenters. The zero-order valence-electron chi connectivity index (χ0n) is 14.9. The average molecular weight is 442 g/mol. The Morgan fingerprint density at radius 2 is 1.75 bits per heavy atom. The van der Waals surface area contributed by atoms with Crippen molar-refractivity contribution in [2.75, 3.05) is 16.8 Å². The summed E-state index contributed by atoms with van der Waals surface area (Å²) in [7, 11) is 0. The Morgan fingerprint density at radius 1 is 1.07 bits per heavy atom. The summed E-state index contributed by atoms with van der Waals surface area (Å²) in [4.78, 5) is 39.0. The highest BCUT2D eigenvalue weighted by Gasteiger charge is 2.55. The van der Waals surface area contributed by atoms with Crippen LogP contribution in [0.15, 0.2) is 63.3 Å². The number of carbonyl (C=O) groups is 3. The molecule has 3 amide bonds. The summed E-state index contributed by atoms with van der Waals surface area (Å²) in [6, 6.07) is 12.4. The second-order valence-corrected chi connectivity index (χ2v) is 7.51. The van der Waals surface area contributed by atoms with Crippen LogP contribution in [-0.2, 0) is 14.4 Å². The van der Waals surface area contributed by atoms with Gasteiger partial charge in [0.05, 0.1) is 5.69 Å². The average Bonchev–Trinajstić information content (AvgIpc) is 3.18. The van der Waals surface area contributed by atoms with Gasteiger partial charge in [-0.2, -0.15) is 5.11 Å². The number of rotatable bonds is 4. The number of hydrogen-bond acceptors (Lipinski definition) is 6. The molecule has 142 valence electrons. The lowest BCUT2D eigenvalue weighted by atomic mass is 10.1. The van der Waals surface area contributed by atoms with Gasteiger partial charge in [0.2, 0.25) is 5.91 Å². The molecule has 0 saturated carbocycles. The lowest BCUT2D eigenvalue weighted by Crippen LogP contribution is -2.43. The molecule has 8 nitrogen and oxygen atoms in total. The van der Waals surface area contributed by atoms with Gasteiger partial charge in [-0.15, -0.1) is 0 Å². The van der Waals surface area contributed by atoms with Gasteiger partial charge in [0.15, 0.2) is 12.1 Å². The molecule has 2 aliphatic heterocycles. The standard InChI is InChI=1S/C19H16BrN5O3/c1-11-2-6-13(7-3-11)21-15(26)10-24-17-16(22-23-24)18(27)25(19(17)28)14-8-4-12(20)5-9-14/h2-9,16-17H,10H2,1H3,(H,21,26)/t16-,17-/m0/s1. The largest absolute Gasteiger partial charge is 0.324 e. The first-order chi connectivity index (χ1) is 13.4. The van der Waals surface area contributed by atoms with Gasteiger partial charge >= 0.3 is 0 Å². The van der Waals surface area contributed by atoms with Gasteiger partial charge in [0, 0.05) is 10.2 Å². The van der Waals surface area contributed by atoms with Crippen molar-refractivity contribution in [1.29, 1.82) is 0 Å². The minimum Gasteiger partial charge on any atom is -0.324 e. The van der Waals surface area contributed by atoms with Gasteiger partial charge in [-0.3, -0.25) is 19.4 Å². The van der Waals surface area contributed by atoms with Crippen LogP contribution in [0.1, 0.15) is 5.56 Å². The molecule has 2 atom stereocenters. The number of nitrogens with zero attached hydrogens (tertiary/aromatic N) is 4. The minimum absolute atomic E-state index is 0.175. The fourth-order valence-electron chi connectivity index (χ4n) is 3.18. The zero-order chi connectivity index (χ0) is 19.8. The minimum atomic E-state index is -0.927. The number of aryl methyl sites for hydroxylation is 1. The summed E-state index contributed by atoms with van der Waals surface area (Å²) in [5.74, 6) is -1.22. The Labute approximate surface area is 169 Å². The molecule has 1 N–H and O–H groups in total. The summed E-state index contributed by atoms with van der Waals surface area (Å²) in [6.45, 7) is 1.78. The van der Waals surface area contributed by atoms with Crippen LogP contribution in [0, 0.1) is 6.92 Å². The van der Waals surface area contributed by atoms with E-state index in [9.17, 15) is 14.4 Å². The van der Waals surface area contributed by atoms with Gasteiger partial charge in [0.1, 0.15) is 6.54 Å². The van der Waals surface area contributed by atoms with E-state index in [1.165, 1.54) is 5.01 Å². The Bertz CT molecular complexity index is 974. The van der Waals surface area contributed by atoms with E-state index in [0.29, 0.717) is 11.4 Å². The van der Waals surface area contributed by atoms with Gasteiger partial charge in [0.25, 0.3) is 11.8 Å². The maximum Gasteiger partial charge on any atom is 0.263 e. The van der Waals surface area contributed by atoms with Crippen LogP contribution in [0.4, 0.5) is 11.4 Å². The van der Waals surface area contributed by atoms with E-state index < -0.39 is 23.9 Å². The number of benzene rings is 2. The van der Waals surface area contributed by atoms with Crippen LogP contribution >= 0.6 is 15.9 Å². The van der Waals surface area contributed by atoms with Crippen molar-refractivity contribution in [3.8, 4) is 0 Å². The fraction of sp³-hybridized carbons (Fsp3) is 0.211. The van der Waals surface area contributed by atoms with Crippen molar-refractivity contribution in [2.45, 2.75) is 19.0 Å². The first-order valence-electron chi connectivity index (χ1n) is 8.61. The Kier molecular flexibility index (Phi) is 4.68. The Balaban J connectivity index is 1.48. The zero-order valence-corrected chi connectivity index (χ0v) is 16.5. The van der Waals surface area contributed by atoms with Crippen molar-refractivity contribution < 1.29 is 14.4 Å². The summed E-state index contributed by atoms with van der Waals surface area (Å²) < 4.78 is 0.838. The number of anilines is 2. The molecule has 0 aliphatic carbocycles. The number of carbonyl (C=O) groups excluding carboxylic acids is 3.